The molecule has 0 aliphatic rings. The van der Waals surface area contributed by atoms with Crippen LogP contribution in [0.3, 0.4) is 0 Å². The van der Waals surface area contributed by atoms with E-state index in [1.165, 1.54) is 24.5 Å². The number of amides is 1. The first-order valence-corrected chi connectivity index (χ1v) is 6.63. The van der Waals surface area contributed by atoms with Crippen molar-refractivity contribution >= 4 is 41.0 Å². The summed E-state index contributed by atoms with van der Waals surface area (Å²) in [5.41, 5.74) is 0.362. The summed E-state index contributed by atoms with van der Waals surface area (Å²) in [4.78, 5) is 22.7. The third-order valence-corrected chi connectivity index (χ3v) is 2.79. The average Bonchev–Trinajstić information content (AvgIpc) is 2.98. The van der Waals surface area contributed by atoms with E-state index in [9.17, 15) is 9.59 Å². The minimum atomic E-state index is -1.09. The molecule has 0 radical (unpaired) electrons. The van der Waals surface area contributed by atoms with Crippen LogP contribution in [0.5, 0.6) is 0 Å². The van der Waals surface area contributed by atoms with E-state index in [1.54, 1.807) is 30.3 Å². The lowest BCUT2D eigenvalue weighted by Gasteiger charge is -2.10. The molecule has 1 aromatic heterocycles. The van der Waals surface area contributed by atoms with Gasteiger partial charge in [0.2, 0.25) is 5.91 Å². The number of para-hydroxylation sites is 1. The fraction of sp³-hybridized carbons (Fsp3) is 0. The molecule has 0 unspecified atom stereocenters. The third kappa shape index (κ3) is 4.29. The van der Waals surface area contributed by atoms with Crippen molar-refractivity contribution in [3.63, 3.8) is 0 Å². The SMILES string of the molecule is O=C(/C=C/c1ccco1)NC(=S)Nc1ccccc1C(=O)O. The second-order valence-electron chi connectivity index (χ2n) is 4.14. The van der Waals surface area contributed by atoms with Gasteiger partial charge in [0, 0.05) is 6.08 Å². The highest BCUT2D eigenvalue weighted by molar-refractivity contribution is 7.80. The summed E-state index contributed by atoms with van der Waals surface area (Å²) in [7, 11) is 0. The molecule has 0 saturated carbocycles. The molecule has 0 bridgehead atoms. The maximum Gasteiger partial charge on any atom is 0.337 e. The number of carbonyl (C=O) groups is 2. The first kappa shape index (κ1) is 15.5. The molecular weight excluding hydrogens is 304 g/mol. The summed E-state index contributed by atoms with van der Waals surface area (Å²) in [5.74, 6) is -1.01. The minimum Gasteiger partial charge on any atom is -0.478 e. The van der Waals surface area contributed by atoms with Gasteiger partial charge in [-0.05, 0) is 42.6 Å². The van der Waals surface area contributed by atoms with E-state index in [4.69, 9.17) is 21.7 Å². The third-order valence-electron chi connectivity index (χ3n) is 2.58. The van der Waals surface area contributed by atoms with Crippen LogP contribution in [0, 0.1) is 0 Å². The van der Waals surface area contributed by atoms with Gasteiger partial charge in [-0.25, -0.2) is 4.79 Å². The zero-order valence-electron chi connectivity index (χ0n) is 11.3. The van der Waals surface area contributed by atoms with Gasteiger partial charge in [-0.15, -0.1) is 0 Å². The Kier molecular flexibility index (Phi) is 5.05. The zero-order chi connectivity index (χ0) is 15.9. The number of thiocarbonyl (C=S) groups is 1. The van der Waals surface area contributed by atoms with Crippen molar-refractivity contribution in [2.45, 2.75) is 0 Å². The van der Waals surface area contributed by atoms with E-state index >= 15 is 0 Å². The lowest BCUT2D eigenvalue weighted by Crippen LogP contribution is -2.33. The number of furan rings is 1. The molecule has 6 nitrogen and oxygen atoms in total. The molecule has 0 aliphatic heterocycles. The Morgan fingerprint density at radius 3 is 2.64 bits per heavy atom. The van der Waals surface area contributed by atoms with E-state index < -0.39 is 11.9 Å². The first-order chi connectivity index (χ1) is 10.6. The van der Waals surface area contributed by atoms with Gasteiger partial charge in [0.05, 0.1) is 17.5 Å². The Bertz CT molecular complexity index is 723. The molecule has 1 amide bonds. The molecule has 0 atom stereocenters. The van der Waals surface area contributed by atoms with Gasteiger partial charge in [-0.1, -0.05) is 12.1 Å². The lowest BCUT2D eigenvalue weighted by atomic mass is 10.2. The molecule has 22 heavy (non-hydrogen) atoms. The van der Waals surface area contributed by atoms with Crippen molar-refractivity contribution in [2.24, 2.45) is 0 Å². The van der Waals surface area contributed by atoms with Crippen molar-refractivity contribution in [3.8, 4) is 0 Å². The van der Waals surface area contributed by atoms with Gasteiger partial charge in [-0.2, -0.15) is 0 Å². The lowest BCUT2D eigenvalue weighted by molar-refractivity contribution is -0.115. The van der Waals surface area contributed by atoms with Crippen LogP contribution in [0.4, 0.5) is 5.69 Å². The second-order valence-corrected chi connectivity index (χ2v) is 4.55. The van der Waals surface area contributed by atoms with Crippen molar-refractivity contribution in [1.29, 1.82) is 0 Å². The number of carboxylic acid groups (broad SMARTS) is 1. The Balaban J connectivity index is 1.96. The Hall–Kier alpha value is -2.93. The number of benzene rings is 1. The number of anilines is 1. The van der Waals surface area contributed by atoms with Crippen molar-refractivity contribution in [2.75, 3.05) is 5.32 Å². The molecule has 2 rings (SSSR count). The molecule has 2 aromatic rings. The van der Waals surface area contributed by atoms with Crippen LogP contribution in [-0.4, -0.2) is 22.1 Å². The number of carboxylic acids is 1. The normalized spacial score (nSPS) is 10.4. The second kappa shape index (κ2) is 7.19. The molecule has 112 valence electrons. The Morgan fingerprint density at radius 2 is 1.95 bits per heavy atom. The fourth-order valence-corrected chi connectivity index (χ4v) is 1.84. The summed E-state index contributed by atoms with van der Waals surface area (Å²) in [5, 5.41) is 14.2. The largest absolute Gasteiger partial charge is 0.478 e. The zero-order valence-corrected chi connectivity index (χ0v) is 12.1. The van der Waals surface area contributed by atoms with Crippen molar-refractivity contribution in [1.82, 2.24) is 5.32 Å². The van der Waals surface area contributed by atoms with Gasteiger partial charge in [0.15, 0.2) is 5.11 Å². The molecule has 0 aliphatic carbocycles. The molecule has 0 fully saturated rings. The summed E-state index contributed by atoms with van der Waals surface area (Å²) in [6.07, 6.45) is 4.24. The number of hydrogen-bond donors (Lipinski definition) is 3. The number of nitrogens with one attached hydrogen (secondary N) is 2. The van der Waals surface area contributed by atoms with Gasteiger partial charge in [-0.3, -0.25) is 10.1 Å². The summed E-state index contributed by atoms with van der Waals surface area (Å²) >= 11 is 4.98. The predicted molar refractivity (Wildman–Crippen MR) is 85.5 cm³/mol. The number of hydrogen-bond acceptors (Lipinski definition) is 4. The quantitative estimate of drug-likeness (QED) is 0.593. The summed E-state index contributed by atoms with van der Waals surface area (Å²) < 4.78 is 5.05. The van der Waals surface area contributed by atoms with E-state index in [2.05, 4.69) is 10.6 Å². The first-order valence-electron chi connectivity index (χ1n) is 6.22. The van der Waals surface area contributed by atoms with Crippen LogP contribution >= 0.6 is 12.2 Å². The van der Waals surface area contributed by atoms with E-state index in [0.717, 1.165) is 0 Å². The molecule has 1 aromatic carbocycles. The standard InChI is InChI=1S/C15H12N2O4S/c18-13(8-7-10-4-3-9-21-10)17-15(22)16-12-6-2-1-5-11(12)14(19)20/h1-9H,(H,19,20)(H2,16,17,18,22)/b8-7+. The molecule has 3 N–H and O–H groups in total. The Labute approximate surface area is 131 Å². The molecule has 7 heteroatoms. The molecule has 0 spiro atoms. The van der Waals surface area contributed by atoms with E-state index in [-0.39, 0.29) is 10.7 Å². The predicted octanol–water partition coefficient (Wildman–Crippen LogP) is 2.50. The van der Waals surface area contributed by atoms with Crippen LogP contribution in [-0.2, 0) is 4.79 Å². The number of rotatable bonds is 4. The smallest absolute Gasteiger partial charge is 0.337 e. The molecule has 1 heterocycles. The summed E-state index contributed by atoms with van der Waals surface area (Å²) in [6, 6.07) is 9.65. The number of aromatic carboxylic acids is 1. The van der Waals surface area contributed by atoms with Gasteiger partial charge in [0.25, 0.3) is 0 Å². The van der Waals surface area contributed by atoms with Crippen molar-refractivity contribution < 1.29 is 19.1 Å². The van der Waals surface area contributed by atoms with Crippen LogP contribution in [0.25, 0.3) is 6.08 Å². The highest BCUT2D eigenvalue weighted by Gasteiger charge is 2.10. The maximum absolute atomic E-state index is 11.7. The van der Waals surface area contributed by atoms with Gasteiger partial charge in [0.1, 0.15) is 5.76 Å². The van der Waals surface area contributed by atoms with Gasteiger partial charge < -0.3 is 14.8 Å². The average molecular weight is 316 g/mol. The number of carbonyl (C=O) groups excluding carboxylic acids is 1. The maximum atomic E-state index is 11.7. The van der Waals surface area contributed by atoms with Crippen molar-refractivity contribution in [3.05, 3.63) is 60.1 Å². The molecule has 0 saturated heterocycles. The highest BCUT2D eigenvalue weighted by atomic mass is 32.1. The van der Waals surface area contributed by atoms with Crippen LogP contribution in [0.2, 0.25) is 0 Å². The van der Waals surface area contributed by atoms with E-state index in [0.29, 0.717) is 11.4 Å². The Morgan fingerprint density at radius 1 is 1.18 bits per heavy atom. The minimum absolute atomic E-state index is 0.00259. The summed E-state index contributed by atoms with van der Waals surface area (Å²) in [6.45, 7) is 0. The monoisotopic (exact) mass is 316 g/mol. The molecular formula is C15H12N2O4S. The highest BCUT2D eigenvalue weighted by Crippen LogP contribution is 2.14. The topological polar surface area (TPSA) is 91.6 Å². The fourth-order valence-electron chi connectivity index (χ4n) is 1.63. The van der Waals surface area contributed by atoms with Gasteiger partial charge >= 0.3 is 5.97 Å². The van der Waals surface area contributed by atoms with Crippen LogP contribution < -0.4 is 10.6 Å². The van der Waals surface area contributed by atoms with E-state index in [1.807, 2.05) is 0 Å². The van der Waals surface area contributed by atoms with Crippen LogP contribution in [0.1, 0.15) is 16.1 Å². The van der Waals surface area contributed by atoms with Crippen LogP contribution in [0.15, 0.2) is 53.2 Å².